The molecule has 0 fully saturated rings. The van der Waals surface area contributed by atoms with Crippen molar-refractivity contribution in [2.24, 2.45) is 0 Å². The molecular weight excluding hydrogens is 314 g/mol. The predicted octanol–water partition coefficient (Wildman–Crippen LogP) is 3.79. The Kier molecular flexibility index (Phi) is 4.97. The number of nitrogens with zero attached hydrogens (tertiary/aromatic N) is 1. The fourth-order valence-electron chi connectivity index (χ4n) is 2.39. The van der Waals surface area contributed by atoms with Gasteiger partial charge < -0.3 is 5.11 Å². The maximum Gasteiger partial charge on any atom is 0.0994 e. The Morgan fingerprint density at radius 3 is 2.30 bits per heavy atom. The minimum absolute atomic E-state index is 0.582. The van der Waals surface area contributed by atoms with Crippen molar-refractivity contribution in [2.45, 2.75) is 19.1 Å². The molecule has 0 aromatic heterocycles. The molecule has 20 heavy (non-hydrogen) atoms. The molecular formula is C17H20BrNO. The van der Waals surface area contributed by atoms with Crippen LogP contribution in [0, 0.1) is 0 Å². The minimum atomic E-state index is -0.850. The van der Waals surface area contributed by atoms with Gasteiger partial charge in [0.1, 0.15) is 0 Å². The highest BCUT2D eigenvalue weighted by Gasteiger charge is 2.24. The fourth-order valence-corrected chi connectivity index (χ4v) is 2.80. The number of halogens is 1. The summed E-state index contributed by atoms with van der Waals surface area (Å²) in [5.74, 6) is 0. The number of benzene rings is 2. The molecule has 1 atom stereocenters. The van der Waals surface area contributed by atoms with E-state index in [1.807, 2.05) is 62.5 Å². The third kappa shape index (κ3) is 3.92. The van der Waals surface area contributed by atoms with Crippen LogP contribution >= 0.6 is 15.9 Å². The SMILES string of the molecule is CN(Cc1ccccc1Br)CC(C)(O)c1ccccc1. The van der Waals surface area contributed by atoms with Gasteiger partial charge in [0, 0.05) is 17.6 Å². The highest BCUT2D eigenvalue weighted by Crippen LogP contribution is 2.23. The summed E-state index contributed by atoms with van der Waals surface area (Å²) in [6.07, 6.45) is 0. The average molecular weight is 334 g/mol. The zero-order valence-corrected chi connectivity index (χ0v) is 13.5. The average Bonchev–Trinajstić information content (AvgIpc) is 2.42. The van der Waals surface area contributed by atoms with E-state index in [-0.39, 0.29) is 0 Å². The lowest BCUT2D eigenvalue weighted by Gasteiger charge is -2.29. The quantitative estimate of drug-likeness (QED) is 0.899. The van der Waals surface area contributed by atoms with Crippen LogP contribution in [0.3, 0.4) is 0 Å². The number of likely N-dealkylation sites (N-methyl/N-ethyl adjacent to an activating group) is 1. The largest absolute Gasteiger partial charge is 0.384 e. The molecule has 3 heteroatoms. The summed E-state index contributed by atoms with van der Waals surface area (Å²) in [5.41, 5.74) is 1.31. The van der Waals surface area contributed by atoms with Crippen LogP contribution in [-0.4, -0.2) is 23.6 Å². The van der Waals surface area contributed by atoms with Gasteiger partial charge in [-0.3, -0.25) is 4.90 Å². The first-order valence-electron chi connectivity index (χ1n) is 6.69. The lowest BCUT2D eigenvalue weighted by atomic mass is 9.95. The molecule has 0 aliphatic carbocycles. The van der Waals surface area contributed by atoms with Gasteiger partial charge >= 0.3 is 0 Å². The van der Waals surface area contributed by atoms with Crippen molar-refractivity contribution in [1.29, 1.82) is 0 Å². The molecule has 2 aromatic rings. The molecule has 0 bridgehead atoms. The van der Waals surface area contributed by atoms with Gasteiger partial charge in [0.15, 0.2) is 0 Å². The Hall–Kier alpha value is -1.16. The van der Waals surface area contributed by atoms with Crippen LogP contribution in [0.5, 0.6) is 0 Å². The van der Waals surface area contributed by atoms with E-state index in [2.05, 4.69) is 26.9 Å². The number of hydrogen-bond donors (Lipinski definition) is 1. The highest BCUT2D eigenvalue weighted by molar-refractivity contribution is 9.10. The zero-order chi connectivity index (χ0) is 14.6. The van der Waals surface area contributed by atoms with Crippen molar-refractivity contribution in [3.63, 3.8) is 0 Å². The second kappa shape index (κ2) is 6.53. The Bertz CT molecular complexity index is 554. The first-order valence-corrected chi connectivity index (χ1v) is 7.48. The van der Waals surface area contributed by atoms with E-state index in [1.54, 1.807) is 0 Å². The Morgan fingerprint density at radius 2 is 1.65 bits per heavy atom. The minimum Gasteiger partial charge on any atom is -0.384 e. The van der Waals surface area contributed by atoms with Crippen LogP contribution in [0.2, 0.25) is 0 Å². The van der Waals surface area contributed by atoms with Crippen LogP contribution in [0.4, 0.5) is 0 Å². The topological polar surface area (TPSA) is 23.5 Å². The third-order valence-corrected chi connectivity index (χ3v) is 4.15. The normalized spacial score (nSPS) is 14.2. The van der Waals surface area contributed by atoms with E-state index in [0.717, 1.165) is 16.6 Å². The summed E-state index contributed by atoms with van der Waals surface area (Å²) in [6.45, 7) is 3.24. The molecule has 1 unspecified atom stereocenters. The summed E-state index contributed by atoms with van der Waals surface area (Å²) in [6, 6.07) is 18.0. The second-order valence-corrected chi connectivity index (χ2v) is 6.26. The Balaban J connectivity index is 2.04. The third-order valence-electron chi connectivity index (χ3n) is 3.37. The highest BCUT2D eigenvalue weighted by atomic mass is 79.9. The Labute approximate surface area is 129 Å². The number of rotatable bonds is 5. The van der Waals surface area contributed by atoms with Gasteiger partial charge in [-0.2, -0.15) is 0 Å². The standard InChI is InChI=1S/C17H20BrNO/c1-17(20,15-9-4-3-5-10-15)13-19(2)12-14-8-6-7-11-16(14)18/h3-11,20H,12-13H2,1-2H3. The molecule has 2 nitrogen and oxygen atoms in total. The molecule has 0 aliphatic rings. The molecule has 106 valence electrons. The van der Waals surface area contributed by atoms with Crippen LogP contribution < -0.4 is 0 Å². The van der Waals surface area contributed by atoms with Crippen LogP contribution in [0.15, 0.2) is 59.1 Å². The molecule has 0 saturated heterocycles. The van der Waals surface area contributed by atoms with Crippen molar-refractivity contribution in [3.8, 4) is 0 Å². The summed E-state index contributed by atoms with van der Waals surface area (Å²) >= 11 is 3.56. The fraction of sp³-hybridized carbons (Fsp3) is 0.294. The van der Waals surface area contributed by atoms with Crippen molar-refractivity contribution in [1.82, 2.24) is 4.90 Å². The Morgan fingerprint density at radius 1 is 1.05 bits per heavy atom. The van der Waals surface area contributed by atoms with Crippen molar-refractivity contribution in [3.05, 3.63) is 70.2 Å². The van der Waals surface area contributed by atoms with Gasteiger partial charge in [-0.15, -0.1) is 0 Å². The van der Waals surface area contributed by atoms with Gasteiger partial charge in [-0.05, 0) is 31.2 Å². The summed E-state index contributed by atoms with van der Waals surface area (Å²) in [4.78, 5) is 2.13. The summed E-state index contributed by atoms with van der Waals surface area (Å²) < 4.78 is 1.10. The van der Waals surface area contributed by atoms with Crippen molar-refractivity contribution in [2.75, 3.05) is 13.6 Å². The second-order valence-electron chi connectivity index (χ2n) is 5.40. The molecule has 0 spiro atoms. The van der Waals surface area contributed by atoms with Gasteiger partial charge in [-0.1, -0.05) is 64.5 Å². The molecule has 0 saturated carbocycles. The molecule has 0 radical (unpaired) electrons. The first kappa shape index (κ1) is 15.2. The molecule has 1 N–H and O–H groups in total. The molecule has 0 aliphatic heterocycles. The smallest absolute Gasteiger partial charge is 0.0994 e. The van der Waals surface area contributed by atoms with E-state index in [1.165, 1.54) is 5.56 Å². The first-order chi connectivity index (χ1) is 9.49. The molecule has 2 rings (SSSR count). The van der Waals surface area contributed by atoms with Gasteiger partial charge in [0.2, 0.25) is 0 Å². The van der Waals surface area contributed by atoms with E-state index >= 15 is 0 Å². The predicted molar refractivity (Wildman–Crippen MR) is 86.5 cm³/mol. The number of aliphatic hydroxyl groups is 1. The summed E-state index contributed by atoms with van der Waals surface area (Å²) in [5, 5.41) is 10.7. The van der Waals surface area contributed by atoms with Gasteiger partial charge in [-0.25, -0.2) is 0 Å². The maximum absolute atomic E-state index is 10.7. The lowest BCUT2D eigenvalue weighted by Crippen LogP contribution is -2.36. The van der Waals surface area contributed by atoms with Gasteiger partial charge in [0.25, 0.3) is 0 Å². The number of hydrogen-bond acceptors (Lipinski definition) is 2. The lowest BCUT2D eigenvalue weighted by molar-refractivity contribution is 0.0213. The van der Waals surface area contributed by atoms with Gasteiger partial charge in [0.05, 0.1) is 5.60 Å². The van der Waals surface area contributed by atoms with E-state index < -0.39 is 5.60 Å². The molecule has 0 amide bonds. The maximum atomic E-state index is 10.7. The molecule has 2 aromatic carbocycles. The zero-order valence-electron chi connectivity index (χ0n) is 11.9. The summed E-state index contributed by atoms with van der Waals surface area (Å²) in [7, 11) is 2.02. The van der Waals surface area contributed by atoms with E-state index in [9.17, 15) is 5.11 Å². The van der Waals surface area contributed by atoms with Crippen LogP contribution in [0.25, 0.3) is 0 Å². The van der Waals surface area contributed by atoms with Crippen molar-refractivity contribution >= 4 is 15.9 Å². The van der Waals surface area contributed by atoms with E-state index in [4.69, 9.17) is 0 Å². The van der Waals surface area contributed by atoms with Crippen LogP contribution in [0.1, 0.15) is 18.1 Å². The van der Waals surface area contributed by atoms with Crippen LogP contribution in [-0.2, 0) is 12.1 Å². The monoisotopic (exact) mass is 333 g/mol. The van der Waals surface area contributed by atoms with E-state index in [0.29, 0.717) is 6.54 Å². The molecule has 0 heterocycles. The van der Waals surface area contributed by atoms with Crippen molar-refractivity contribution < 1.29 is 5.11 Å².